The monoisotopic (exact) mass is 340 g/mol. The molecule has 1 aromatic carbocycles. The Hall–Kier alpha value is -2.13. The van der Waals surface area contributed by atoms with Gasteiger partial charge in [0, 0.05) is 6.26 Å². The molecule has 2 heterocycles. The predicted octanol–water partition coefficient (Wildman–Crippen LogP) is 1.53. The van der Waals surface area contributed by atoms with Crippen LogP contribution >= 0.6 is 11.3 Å². The topological polar surface area (TPSA) is 94.6 Å². The van der Waals surface area contributed by atoms with Crippen molar-refractivity contribution in [2.45, 2.75) is 4.90 Å². The number of rotatable bonds is 3. The average Bonchev–Trinajstić information content (AvgIpc) is 2.88. The van der Waals surface area contributed by atoms with Gasteiger partial charge >= 0.3 is 0 Å². The third-order valence-corrected chi connectivity index (χ3v) is 4.93. The van der Waals surface area contributed by atoms with Crippen LogP contribution in [-0.4, -0.2) is 38.8 Å². The smallest absolute Gasteiger partial charge is 0.295 e. The van der Waals surface area contributed by atoms with Crippen LogP contribution in [0.15, 0.2) is 35.1 Å². The van der Waals surface area contributed by atoms with E-state index in [4.69, 9.17) is 9.47 Å². The molecule has 0 atom stereocenters. The third-order valence-electron chi connectivity index (χ3n) is 2.88. The number of sulfone groups is 1. The molecule has 7 nitrogen and oxygen atoms in total. The van der Waals surface area contributed by atoms with Gasteiger partial charge in [0.25, 0.3) is 5.91 Å². The van der Waals surface area contributed by atoms with Crippen molar-refractivity contribution in [1.29, 1.82) is 0 Å². The first-order valence-corrected chi connectivity index (χ1v) is 9.01. The van der Waals surface area contributed by atoms with Crippen LogP contribution in [0.2, 0.25) is 0 Å². The molecule has 0 unspecified atom stereocenters. The van der Waals surface area contributed by atoms with Gasteiger partial charge in [0.1, 0.15) is 19.5 Å². The first-order chi connectivity index (χ1) is 10.4. The Bertz CT molecular complexity index is 870. The maximum absolute atomic E-state index is 12.0. The molecule has 116 valence electrons. The van der Waals surface area contributed by atoms with Gasteiger partial charge in [-0.1, -0.05) is 11.3 Å². The van der Waals surface area contributed by atoms with Gasteiger partial charge in [-0.2, -0.15) is 0 Å². The Morgan fingerprint density at radius 2 is 2.18 bits per heavy atom. The van der Waals surface area contributed by atoms with E-state index in [0.717, 1.165) is 6.26 Å². The molecule has 1 aliphatic rings. The van der Waals surface area contributed by atoms with E-state index in [0.29, 0.717) is 28.6 Å². The first-order valence-electron chi connectivity index (χ1n) is 6.30. The minimum atomic E-state index is -3.28. The van der Waals surface area contributed by atoms with E-state index in [2.05, 4.69) is 10.3 Å². The highest BCUT2D eigenvalue weighted by Crippen LogP contribution is 2.28. The molecular weight excluding hydrogens is 328 g/mol. The molecule has 2 aromatic rings. The summed E-state index contributed by atoms with van der Waals surface area (Å²) < 4.78 is 34.0. The van der Waals surface area contributed by atoms with Crippen molar-refractivity contribution in [3.8, 4) is 0 Å². The van der Waals surface area contributed by atoms with Gasteiger partial charge in [0.15, 0.2) is 15.0 Å². The Morgan fingerprint density at radius 1 is 1.36 bits per heavy atom. The van der Waals surface area contributed by atoms with E-state index in [9.17, 15) is 13.2 Å². The molecule has 1 aromatic heterocycles. The van der Waals surface area contributed by atoms with Gasteiger partial charge < -0.3 is 9.47 Å². The molecule has 0 spiro atoms. The van der Waals surface area contributed by atoms with Gasteiger partial charge in [-0.25, -0.2) is 13.4 Å². The molecule has 3 rings (SSSR count). The van der Waals surface area contributed by atoms with Crippen molar-refractivity contribution in [3.63, 3.8) is 0 Å². The summed E-state index contributed by atoms with van der Waals surface area (Å²) in [5.74, 6) is -0.371. The largest absolute Gasteiger partial charge is 0.494 e. The quantitative estimate of drug-likeness (QED) is 0.910. The van der Waals surface area contributed by atoms with Crippen molar-refractivity contribution in [2.75, 3.05) is 24.8 Å². The molecule has 0 saturated carbocycles. The number of nitrogens with one attached hydrogen (secondary N) is 1. The summed E-state index contributed by atoms with van der Waals surface area (Å²) in [5.41, 5.74) is 0.613. The van der Waals surface area contributed by atoms with E-state index in [1.54, 1.807) is 6.07 Å². The van der Waals surface area contributed by atoms with Crippen LogP contribution < -0.4 is 5.32 Å². The number of carbonyl (C=O) groups excluding carboxylic acids is 1. The van der Waals surface area contributed by atoms with E-state index in [1.165, 1.54) is 29.7 Å². The zero-order chi connectivity index (χ0) is 15.7. The Balaban J connectivity index is 1.86. The number of anilines is 1. The summed E-state index contributed by atoms with van der Waals surface area (Å²) in [6.07, 6.45) is 2.40. The normalized spacial score (nSPS) is 14.9. The molecular formula is C13H12N2O5S2. The van der Waals surface area contributed by atoms with Crippen molar-refractivity contribution < 1.29 is 22.7 Å². The lowest BCUT2D eigenvalue weighted by atomic mass is 10.3. The van der Waals surface area contributed by atoms with Gasteiger partial charge in [-0.15, -0.1) is 0 Å². The second-order valence-corrected chi connectivity index (χ2v) is 7.62. The van der Waals surface area contributed by atoms with Crippen LogP contribution in [0.5, 0.6) is 0 Å². The average molecular weight is 340 g/mol. The molecule has 1 amide bonds. The standard InChI is InChI=1S/C13H12N2O5S2/c1-22(17,18)8-2-3-9-11(6-8)21-13(14-9)15-12(16)10-7-19-4-5-20-10/h2-3,6-7H,4-5H2,1H3,(H,14,15,16). The van der Waals surface area contributed by atoms with Gasteiger partial charge in [-0.3, -0.25) is 10.1 Å². The zero-order valence-electron chi connectivity index (χ0n) is 11.5. The zero-order valence-corrected chi connectivity index (χ0v) is 13.2. The molecule has 0 fully saturated rings. The number of hydrogen-bond acceptors (Lipinski definition) is 7. The highest BCUT2D eigenvalue weighted by atomic mass is 32.2. The van der Waals surface area contributed by atoms with Crippen LogP contribution in [0.1, 0.15) is 0 Å². The molecule has 22 heavy (non-hydrogen) atoms. The number of thiazole rings is 1. The lowest BCUT2D eigenvalue weighted by Crippen LogP contribution is -2.20. The van der Waals surface area contributed by atoms with Crippen molar-refractivity contribution in [2.24, 2.45) is 0 Å². The van der Waals surface area contributed by atoms with Gasteiger partial charge in [-0.05, 0) is 18.2 Å². The van der Waals surface area contributed by atoms with Crippen LogP contribution in [0, 0.1) is 0 Å². The van der Waals surface area contributed by atoms with E-state index in [-0.39, 0.29) is 10.7 Å². The number of hydrogen-bond donors (Lipinski definition) is 1. The number of carbonyl (C=O) groups is 1. The number of aromatic nitrogens is 1. The summed E-state index contributed by atoms with van der Waals surface area (Å²) in [7, 11) is -3.28. The van der Waals surface area contributed by atoms with Gasteiger partial charge in [0.2, 0.25) is 5.76 Å². The van der Waals surface area contributed by atoms with E-state index in [1.807, 2.05) is 0 Å². The highest BCUT2D eigenvalue weighted by Gasteiger charge is 2.17. The minimum Gasteiger partial charge on any atom is -0.494 e. The highest BCUT2D eigenvalue weighted by molar-refractivity contribution is 7.90. The molecule has 1 aliphatic heterocycles. The SMILES string of the molecule is CS(=O)(=O)c1ccc2nc(NC(=O)C3=COCCO3)sc2c1. The lowest BCUT2D eigenvalue weighted by molar-refractivity contribution is -0.117. The second-order valence-electron chi connectivity index (χ2n) is 4.58. The fourth-order valence-electron chi connectivity index (χ4n) is 1.84. The molecule has 0 bridgehead atoms. The number of nitrogens with zero attached hydrogens (tertiary/aromatic N) is 1. The number of fused-ring (bicyclic) bond motifs is 1. The fraction of sp³-hybridized carbons (Fsp3) is 0.231. The molecule has 1 N–H and O–H groups in total. The van der Waals surface area contributed by atoms with Crippen LogP contribution in [0.4, 0.5) is 5.13 Å². The van der Waals surface area contributed by atoms with Crippen LogP contribution in [0.3, 0.4) is 0 Å². The summed E-state index contributed by atoms with van der Waals surface area (Å²) in [5, 5.41) is 2.97. The predicted molar refractivity (Wildman–Crippen MR) is 81.3 cm³/mol. The minimum absolute atomic E-state index is 0.0855. The number of ether oxygens (including phenoxy) is 2. The second kappa shape index (κ2) is 5.58. The Labute approximate surface area is 130 Å². The Morgan fingerprint density at radius 3 is 2.86 bits per heavy atom. The lowest BCUT2D eigenvalue weighted by Gasteiger charge is -2.13. The summed E-state index contributed by atoms with van der Waals surface area (Å²) in [6, 6.07) is 4.64. The van der Waals surface area contributed by atoms with E-state index >= 15 is 0 Å². The summed E-state index contributed by atoms with van der Waals surface area (Å²) in [6.45, 7) is 0.725. The molecule has 0 aliphatic carbocycles. The number of benzene rings is 1. The fourth-order valence-corrected chi connectivity index (χ4v) is 3.46. The van der Waals surface area contributed by atoms with Gasteiger partial charge in [0.05, 0.1) is 15.1 Å². The summed E-state index contributed by atoms with van der Waals surface area (Å²) >= 11 is 1.19. The maximum Gasteiger partial charge on any atom is 0.295 e. The maximum atomic E-state index is 12.0. The molecule has 0 saturated heterocycles. The van der Waals surface area contributed by atoms with Crippen molar-refractivity contribution in [3.05, 3.63) is 30.2 Å². The van der Waals surface area contributed by atoms with Crippen LogP contribution in [-0.2, 0) is 24.1 Å². The van der Waals surface area contributed by atoms with Crippen molar-refractivity contribution >= 4 is 42.4 Å². The molecule has 0 radical (unpaired) electrons. The third kappa shape index (κ3) is 3.04. The summed E-state index contributed by atoms with van der Waals surface area (Å²) in [4.78, 5) is 16.4. The molecule has 9 heteroatoms. The first kappa shape index (κ1) is 14.8. The Kier molecular flexibility index (Phi) is 3.75. The van der Waals surface area contributed by atoms with Crippen LogP contribution in [0.25, 0.3) is 10.2 Å². The van der Waals surface area contributed by atoms with Crippen molar-refractivity contribution in [1.82, 2.24) is 4.98 Å². The van der Waals surface area contributed by atoms with E-state index < -0.39 is 15.7 Å². The number of amides is 1.